The lowest BCUT2D eigenvalue weighted by Crippen LogP contribution is -1.90. The molecule has 2 N–H and O–H groups in total. The second-order valence-corrected chi connectivity index (χ2v) is 2.36. The van der Waals surface area contributed by atoms with Gasteiger partial charge in [0.2, 0.25) is 0 Å². The van der Waals surface area contributed by atoms with Gasteiger partial charge in [-0.05, 0) is 18.2 Å². The van der Waals surface area contributed by atoms with Gasteiger partial charge in [-0.3, -0.25) is 0 Å². The van der Waals surface area contributed by atoms with Gasteiger partial charge in [0, 0.05) is 13.2 Å². The highest BCUT2D eigenvalue weighted by Crippen LogP contribution is 2.11. The molecule has 2 heterocycles. The van der Waals surface area contributed by atoms with Crippen LogP contribution in [-0.4, -0.2) is 17.0 Å². The average molecular weight is 147 g/mol. The molecule has 3 heteroatoms. The van der Waals surface area contributed by atoms with Crippen LogP contribution in [0.1, 0.15) is 0 Å². The first-order chi connectivity index (χ1) is 5.40. The predicted molar refractivity (Wildman–Crippen MR) is 45.6 cm³/mol. The maximum Gasteiger partial charge on any atom is 0.126 e. The Hall–Kier alpha value is -1.51. The first-order valence-corrected chi connectivity index (χ1v) is 3.52. The molecule has 0 fully saturated rings. The Bertz CT molecular complexity index is 364. The van der Waals surface area contributed by atoms with Crippen molar-refractivity contribution < 1.29 is 0 Å². The third kappa shape index (κ3) is 0.941. The standard InChI is InChI=1S/C8H9N3/c1-9-8-3-2-6-7(11-8)4-5-10-6/h2-5,10H,1H3,(H,9,11). The Morgan fingerprint density at radius 2 is 2.27 bits per heavy atom. The molecule has 0 atom stereocenters. The first-order valence-electron chi connectivity index (χ1n) is 3.52. The van der Waals surface area contributed by atoms with Crippen molar-refractivity contribution in [2.75, 3.05) is 12.4 Å². The molecule has 2 aromatic rings. The maximum atomic E-state index is 4.31. The maximum absolute atomic E-state index is 4.31. The van der Waals surface area contributed by atoms with Crippen LogP contribution in [0.2, 0.25) is 0 Å². The minimum Gasteiger partial charge on any atom is -0.373 e. The van der Waals surface area contributed by atoms with Crippen LogP contribution < -0.4 is 5.32 Å². The van der Waals surface area contributed by atoms with Gasteiger partial charge in [0.15, 0.2) is 0 Å². The van der Waals surface area contributed by atoms with Gasteiger partial charge < -0.3 is 10.3 Å². The van der Waals surface area contributed by atoms with E-state index < -0.39 is 0 Å². The largest absolute Gasteiger partial charge is 0.373 e. The second kappa shape index (κ2) is 2.27. The zero-order valence-corrected chi connectivity index (χ0v) is 6.26. The lowest BCUT2D eigenvalue weighted by atomic mass is 10.4. The Kier molecular flexibility index (Phi) is 1.28. The van der Waals surface area contributed by atoms with Crippen LogP contribution in [0.5, 0.6) is 0 Å². The molecule has 0 radical (unpaired) electrons. The summed E-state index contributed by atoms with van der Waals surface area (Å²) < 4.78 is 0. The molecule has 2 rings (SSSR count). The van der Waals surface area contributed by atoms with Gasteiger partial charge in [-0.15, -0.1) is 0 Å². The molecule has 0 bridgehead atoms. The van der Waals surface area contributed by atoms with E-state index in [2.05, 4.69) is 15.3 Å². The Balaban J connectivity index is 2.67. The van der Waals surface area contributed by atoms with Gasteiger partial charge in [-0.2, -0.15) is 0 Å². The zero-order chi connectivity index (χ0) is 7.68. The van der Waals surface area contributed by atoms with Crippen molar-refractivity contribution in [2.24, 2.45) is 0 Å². The third-order valence-corrected chi connectivity index (χ3v) is 1.66. The number of aromatic amines is 1. The number of nitrogens with zero attached hydrogens (tertiary/aromatic N) is 1. The van der Waals surface area contributed by atoms with E-state index in [0.717, 1.165) is 16.9 Å². The Morgan fingerprint density at radius 1 is 1.36 bits per heavy atom. The van der Waals surface area contributed by atoms with Crippen molar-refractivity contribution in [3.8, 4) is 0 Å². The molecule has 11 heavy (non-hydrogen) atoms. The number of pyridine rings is 1. The number of fused-ring (bicyclic) bond motifs is 1. The molecule has 56 valence electrons. The van der Waals surface area contributed by atoms with Crippen molar-refractivity contribution in [3.63, 3.8) is 0 Å². The smallest absolute Gasteiger partial charge is 0.126 e. The molecule has 3 nitrogen and oxygen atoms in total. The van der Waals surface area contributed by atoms with Gasteiger partial charge >= 0.3 is 0 Å². The molecule has 0 saturated heterocycles. The summed E-state index contributed by atoms with van der Waals surface area (Å²) >= 11 is 0. The van der Waals surface area contributed by atoms with Crippen molar-refractivity contribution in [2.45, 2.75) is 0 Å². The van der Waals surface area contributed by atoms with E-state index in [-0.39, 0.29) is 0 Å². The quantitative estimate of drug-likeness (QED) is 0.643. The van der Waals surface area contributed by atoms with Crippen LogP contribution in [0.4, 0.5) is 5.82 Å². The lowest BCUT2D eigenvalue weighted by Gasteiger charge is -1.96. The number of anilines is 1. The second-order valence-electron chi connectivity index (χ2n) is 2.36. The van der Waals surface area contributed by atoms with Crippen molar-refractivity contribution in [3.05, 3.63) is 24.4 Å². The van der Waals surface area contributed by atoms with Gasteiger partial charge in [-0.1, -0.05) is 0 Å². The molecule has 0 aliphatic rings. The van der Waals surface area contributed by atoms with E-state index in [9.17, 15) is 0 Å². The number of aromatic nitrogens is 2. The normalized spacial score (nSPS) is 10.3. The minimum atomic E-state index is 0.900. The third-order valence-electron chi connectivity index (χ3n) is 1.66. The molecular formula is C8H9N3. The molecule has 0 aliphatic heterocycles. The summed E-state index contributed by atoms with van der Waals surface area (Å²) in [4.78, 5) is 7.39. The molecule has 0 aromatic carbocycles. The number of hydrogen-bond donors (Lipinski definition) is 2. The highest BCUT2D eigenvalue weighted by molar-refractivity contribution is 5.76. The molecule has 0 aliphatic carbocycles. The number of rotatable bonds is 1. The van der Waals surface area contributed by atoms with Crippen LogP contribution >= 0.6 is 0 Å². The van der Waals surface area contributed by atoms with Gasteiger partial charge in [-0.25, -0.2) is 4.98 Å². The molecular weight excluding hydrogens is 138 g/mol. The van der Waals surface area contributed by atoms with Gasteiger partial charge in [0.1, 0.15) is 5.82 Å². The summed E-state index contributed by atoms with van der Waals surface area (Å²) in [6.07, 6.45) is 1.89. The van der Waals surface area contributed by atoms with E-state index in [4.69, 9.17) is 0 Å². The number of hydrogen-bond acceptors (Lipinski definition) is 2. The van der Waals surface area contributed by atoms with Gasteiger partial charge in [0.25, 0.3) is 0 Å². The highest BCUT2D eigenvalue weighted by Gasteiger charge is 1.94. The average Bonchev–Trinajstić information content (AvgIpc) is 2.50. The molecule has 0 spiro atoms. The fourth-order valence-corrected chi connectivity index (χ4v) is 1.07. The fourth-order valence-electron chi connectivity index (χ4n) is 1.07. The van der Waals surface area contributed by atoms with E-state index in [1.54, 1.807) is 0 Å². The van der Waals surface area contributed by atoms with E-state index >= 15 is 0 Å². The van der Waals surface area contributed by atoms with Gasteiger partial charge in [0.05, 0.1) is 11.0 Å². The fraction of sp³-hybridized carbons (Fsp3) is 0.125. The summed E-state index contributed by atoms with van der Waals surface area (Å²) in [6, 6.07) is 5.91. The minimum absolute atomic E-state index is 0.900. The molecule has 0 saturated carbocycles. The van der Waals surface area contributed by atoms with E-state index in [0.29, 0.717) is 0 Å². The summed E-state index contributed by atoms with van der Waals surface area (Å²) in [5, 5.41) is 2.98. The van der Waals surface area contributed by atoms with E-state index in [1.807, 2.05) is 31.4 Å². The monoisotopic (exact) mass is 147 g/mol. The van der Waals surface area contributed by atoms with Crippen LogP contribution in [0.25, 0.3) is 11.0 Å². The van der Waals surface area contributed by atoms with Crippen LogP contribution in [0.15, 0.2) is 24.4 Å². The van der Waals surface area contributed by atoms with E-state index in [1.165, 1.54) is 0 Å². The summed E-state index contributed by atoms with van der Waals surface area (Å²) in [5.41, 5.74) is 2.07. The molecule has 2 aromatic heterocycles. The summed E-state index contributed by atoms with van der Waals surface area (Å²) in [5.74, 6) is 0.900. The predicted octanol–water partition coefficient (Wildman–Crippen LogP) is 1.60. The van der Waals surface area contributed by atoms with Crippen molar-refractivity contribution >= 4 is 16.9 Å². The molecule has 0 amide bonds. The first kappa shape index (κ1) is 6.22. The number of H-pyrrole nitrogens is 1. The number of nitrogens with one attached hydrogen (secondary N) is 2. The van der Waals surface area contributed by atoms with Crippen molar-refractivity contribution in [1.29, 1.82) is 0 Å². The van der Waals surface area contributed by atoms with Crippen LogP contribution in [0, 0.1) is 0 Å². The Morgan fingerprint density at radius 3 is 3.09 bits per heavy atom. The Labute approximate surface area is 64.5 Å². The van der Waals surface area contributed by atoms with Crippen molar-refractivity contribution in [1.82, 2.24) is 9.97 Å². The highest BCUT2D eigenvalue weighted by atomic mass is 15.0. The van der Waals surface area contributed by atoms with Crippen LogP contribution in [-0.2, 0) is 0 Å². The summed E-state index contributed by atoms with van der Waals surface area (Å²) in [6.45, 7) is 0. The van der Waals surface area contributed by atoms with Crippen LogP contribution in [0.3, 0.4) is 0 Å². The molecule has 0 unspecified atom stereocenters. The SMILES string of the molecule is CNc1ccc2[nH]ccc2n1. The lowest BCUT2D eigenvalue weighted by molar-refractivity contribution is 1.34. The zero-order valence-electron chi connectivity index (χ0n) is 6.26. The summed E-state index contributed by atoms with van der Waals surface area (Å²) in [7, 11) is 1.86. The topological polar surface area (TPSA) is 40.7 Å².